The van der Waals surface area contributed by atoms with Gasteiger partial charge in [0.05, 0.1) is 11.8 Å². The number of carbonyl (C=O) groups excluding carboxylic acids is 1. The van der Waals surface area contributed by atoms with Crippen LogP contribution in [-0.2, 0) is 4.79 Å². The zero-order chi connectivity index (χ0) is 21.5. The van der Waals surface area contributed by atoms with Gasteiger partial charge in [-0.05, 0) is 44.5 Å². The Morgan fingerprint density at radius 3 is 1.28 bits per heavy atom. The van der Waals surface area contributed by atoms with Crippen molar-refractivity contribution in [1.29, 1.82) is 0 Å². The van der Waals surface area contributed by atoms with Gasteiger partial charge in [-0.1, -0.05) is 121 Å². The predicted octanol–water partition coefficient (Wildman–Crippen LogP) is 7.19. The Balaban J connectivity index is 1.31. The predicted molar refractivity (Wildman–Crippen MR) is 132 cm³/mol. The van der Waals surface area contributed by atoms with Crippen LogP contribution >= 0.6 is 0 Å². The van der Waals surface area contributed by atoms with E-state index in [0.717, 1.165) is 11.1 Å². The van der Waals surface area contributed by atoms with Crippen LogP contribution in [0.5, 0.6) is 0 Å². The fourth-order valence-corrected chi connectivity index (χ4v) is 5.05. The molecular formula is C31H22O. The Kier molecular flexibility index (Phi) is 4.47. The van der Waals surface area contributed by atoms with E-state index in [1.165, 1.54) is 33.4 Å². The van der Waals surface area contributed by atoms with E-state index >= 15 is 0 Å². The van der Waals surface area contributed by atoms with Crippen molar-refractivity contribution in [3.63, 3.8) is 0 Å². The van der Waals surface area contributed by atoms with Gasteiger partial charge in [0.25, 0.3) is 0 Å². The van der Waals surface area contributed by atoms with Crippen molar-refractivity contribution in [2.75, 3.05) is 0 Å². The van der Waals surface area contributed by atoms with Crippen LogP contribution in [0.1, 0.15) is 56.3 Å². The highest BCUT2D eigenvalue weighted by Crippen LogP contribution is 2.54. The molecule has 2 aliphatic carbocycles. The largest absolute Gasteiger partial charge is 0.298 e. The summed E-state index contributed by atoms with van der Waals surface area (Å²) in [6.07, 6.45) is 8.50. The lowest BCUT2D eigenvalue weighted by molar-refractivity contribution is -0.118. The Hall–Kier alpha value is -3.97. The second kappa shape index (κ2) is 7.62. The molecule has 0 unspecified atom stereocenters. The molecule has 2 aliphatic rings. The van der Waals surface area contributed by atoms with E-state index in [1.54, 1.807) is 0 Å². The number of benzene rings is 4. The number of hydrogen-bond donors (Lipinski definition) is 0. The third kappa shape index (κ3) is 3.14. The first-order valence-electron chi connectivity index (χ1n) is 11.1. The third-order valence-electron chi connectivity index (χ3n) is 6.57. The molecular weight excluding hydrogens is 388 g/mol. The molecule has 1 heteroatoms. The van der Waals surface area contributed by atoms with Gasteiger partial charge in [-0.3, -0.25) is 4.79 Å². The van der Waals surface area contributed by atoms with Crippen molar-refractivity contribution in [1.82, 2.24) is 0 Å². The fraction of sp³-hybridized carbons (Fsp3) is 0.0645. The lowest BCUT2D eigenvalue weighted by atomic mass is 9.84. The summed E-state index contributed by atoms with van der Waals surface area (Å²) in [7, 11) is 0. The molecule has 0 aliphatic heterocycles. The van der Waals surface area contributed by atoms with Gasteiger partial charge in [-0.15, -0.1) is 0 Å². The van der Waals surface area contributed by atoms with E-state index in [0.29, 0.717) is 5.78 Å². The molecule has 2 bridgehead atoms. The molecule has 1 nitrogen and oxygen atoms in total. The number of carbonyl (C=O) groups is 1. The summed E-state index contributed by atoms with van der Waals surface area (Å²) in [4.78, 5) is 13.2. The van der Waals surface area contributed by atoms with Gasteiger partial charge in [0.15, 0.2) is 5.78 Å². The summed E-state index contributed by atoms with van der Waals surface area (Å²) in [5.41, 5.74) is 9.32. The molecule has 6 rings (SSSR count). The molecule has 32 heavy (non-hydrogen) atoms. The topological polar surface area (TPSA) is 17.1 Å². The normalized spacial score (nSPS) is 18.4. The van der Waals surface area contributed by atoms with Crippen molar-refractivity contribution in [3.8, 4) is 0 Å². The van der Waals surface area contributed by atoms with E-state index in [4.69, 9.17) is 0 Å². The zero-order valence-corrected chi connectivity index (χ0v) is 17.6. The van der Waals surface area contributed by atoms with Crippen molar-refractivity contribution >= 4 is 30.1 Å². The van der Waals surface area contributed by atoms with Gasteiger partial charge in [0.2, 0.25) is 0 Å². The van der Waals surface area contributed by atoms with E-state index in [9.17, 15) is 4.79 Å². The first-order valence-corrected chi connectivity index (χ1v) is 11.1. The smallest absolute Gasteiger partial charge is 0.156 e. The Labute approximate surface area is 188 Å². The Bertz CT molecular complexity index is 1270. The minimum atomic E-state index is -0.123. The quantitative estimate of drug-likeness (QED) is 0.326. The summed E-state index contributed by atoms with van der Waals surface area (Å²) < 4.78 is 0. The number of Topliss-reactive ketones (excluding diaryl/α,β-unsaturated/α-hetero) is 1. The molecule has 0 heterocycles. The van der Waals surface area contributed by atoms with E-state index in [1.807, 2.05) is 36.4 Å². The number of fused-ring (bicyclic) bond motifs is 8. The molecule has 0 saturated heterocycles. The number of hydrogen-bond acceptors (Lipinski definition) is 1. The van der Waals surface area contributed by atoms with Crippen molar-refractivity contribution in [2.45, 2.75) is 11.8 Å². The second-order valence-corrected chi connectivity index (χ2v) is 8.53. The van der Waals surface area contributed by atoms with Crippen LogP contribution in [0.4, 0.5) is 0 Å². The second-order valence-electron chi connectivity index (χ2n) is 8.53. The lowest BCUT2D eigenvalue weighted by Crippen LogP contribution is -2.03. The summed E-state index contributed by atoms with van der Waals surface area (Å²) >= 11 is 0. The van der Waals surface area contributed by atoms with E-state index in [2.05, 4.69) is 85.0 Å². The minimum Gasteiger partial charge on any atom is -0.298 e. The maximum atomic E-state index is 13.2. The third-order valence-corrected chi connectivity index (χ3v) is 6.57. The Morgan fingerprint density at radius 1 is 0.438 bits per heavy atom. The van der Waals surface area contributed by atoms with Crippen molar-refractivity contribution in [2.24, 2.45) is 0 Å². The van der Waals surface area contributed by atoms with Crippen LogP contribution in [0.3, 0.4) is 0 Å². The Morgan fingerprint density at radius 2 is 0.844 bits per heavy atom. The minimum absolute atomic E-state index is 0.123. The van der Waals surface area contributed by atoms with Gasteiger partial charge >= 0.3 is 0 Å². The summed E-state index contributed by atoms with van der Waals surface area (Å²) in [5, 5.41) is 0. The average molecular weight is 411 g/mol. The number of ketones is 1. The van der Waals surface area contributed by atoms with Crippen LogP contribution < -0.4 is 0 Å². The van der Waals surface area contributed by atoms with Gasteiger partial charge in [0.1, 0.15) is 0 Å². The molecule has 0 N–H and O–H groups in total. The summed E-state index contributed by atoms with van der Waals surface area (Å²) in [5.74, 6) is 0.0767. The molecule has 0 amide bonds. The fourth-order valence-electron chi connectivity index (χ4n) is 5.05. The maximum Gasteiger partial charge on any atom is 0.156 e. The van der Waals surface area contributed by atoms with Gasteiger partial charge in [-0.25, -0.2) is 0 Å². The van der Waals surface area contributed by atoms with Crippen LogP contribution in [0.25, 0.3) is 24.3 Å². The molecule has 4 aromatic carbocycles. The molecule has 0 aromatic heterocycles. The van der Waals surface area contributed by atoms with Crippen LogP contribution in [0.15, 0.2) is 97.1 Å². The van der Waals surface area contributed by atoms with Crippen molar-refractivity contribution in [3.05, 3.63) is 142 Å². The van der Waals surface area contributed by atoms with E-state index in [-0.39, 0.29) is 11.8 Å². The van der Waals surface area contributed by atoms with E-state index < -0.39 is 0 Å². The monoisotopic (exact) mass is 410 g/mol. The SMILES string of the molecule is O=C1[C@@H]2c3ccc(/C=C/c4ccccc4)cc3[C@H]1c1ccc(/C=C/c3ccccc3)cc12. The molecule has 0 saturated carbocycles. The standard InChI is InChI=1S/C31H22O/c32-31-29-26-18-16-24(14-12-22-9-5-2-6-10-22)20-28(26)30(31)25-17-15-23(19-27(25)29)13-11-21-7-3-1-4-8-21/h1-20,29-30H/b13-11+,14-12+/t29-,30-/m1/s1. The molecule has 4 aromatic rings. The molecule has 0 spiro atoms. The number of rotatable bonds is 4. The van der Waals surface area contributed by atoms with Gasteiger partial charge in [-0.2, -0.15) is 0 Å². The molecule has 0 fully saturated rings. The summed E-state index contributed by atoms with van der Waals surface area (Å²) in [6.45, 7) is 0. The van der Waals surface area contributed by atoms with Gasteiger partial charge in [0, 0.05) is 0 Å². The maximum absolute atomic E-state index is 13.2. The lowest BCUT2D eigenvalue weighted by Gasteiger charge is -2.18. The first kappa shape index (κ1) is 18.8. The highest BCUT2D eigenvalue weighted by molar-refractivity contribution is 6.06. The van der Waals surface area contributed by atoms with Crippen molar-refractivity contribution < 1.29 is 4.79 Å². The molecule has 152 valence electrons. The van der Waals surface area contributed by atoms with Crippen LogP contribution in [0.2, 0.25) is 0 Å². The average Bonchev–Trinajstić information content (AvgIpc) is 3.29. The van der Waals surface area contributed by atoms with Crippen LogP contribution in [0, 0.1) is 0 Å². The molecule has 0 radical (unpaired) electrons. The van der Waals surface area contributed by atoms with Gasteiger partial charge < -0.3 is 0 Å². The zero-order valence-electron chi connectivity index (χ0n) is 17.6. The molecule has 2 atom stereocenters. The highest BCUT2D eigenvalue weighted by Gasteiger charge is 2.48. The summed E-state index contributed by atoms with van der Waals surface area (Å²) in [6, 6.07) is 33.5. The first-order chi connectivity index (χ1) is 15.8. The highest BCUT2D eigenvalue weighted by atomic mass is 16.1. The van der Waals surface area contributed by atoms with Crippen LogP contribution in [-0.4, -0.2) is 5.78 Å².